The largest absolute Gasteiger partial charge is 0.395 e. The van der Waals surface area contributed by atoms with E-state index in [1.54, 1.807) is 6.08 Å². The lowest BCUT2D eigenvalue weighted by Crippen LogP contribution is -2.58. The van der Waals surface area contributed by atoms with Crippen molar-refractivity contribution in [1.82, 2.24) is 4.57 Å². The lowest BCUT2D eigenvalue weighted by Gasteiger charge is -2.50. The molecule has 0 fully saturated rings. The molecule has 2 aliphatic rings. The number of ketones is 1. The van der Waals surface area contributed by atoms with E-state index in [0.29, 0.717) is 5.03 Å². The average Bonchev–Trinajstić information content (AvgIpc) is 2.95. The zero-order valence-corrected chi connectivity index (χ0v) is 16.4. The topological polar surface area (TPSA) is 42.2 Å². The maximum atomic E-state index is 13.9. The third-order valence-corrected chi connectivity index (χ3v) is 7.51. The Morgan fingerprint density at radius 1 is 1.31 bits per heavy atom. The van der Waals surface area contributed by atoms with Crippen LogP contribution in [0, 0.1) is 11.3 Å². The Kier molecular flexibility index (Phi) is 3.46. The summed E-state index contributed by atoms with van der Waals surface area (Å²) in [6, 6.07) is 5.98. The van der Waals surface area contributed by atoms with Gasteiger partial charge in [-0.05, 0) is 24.1 Å². The second-order valence-corrected chi connectivity index (χ2v) is 8.81. The number of aliphatic hydroxyl groups excluding tert-OH is 1. The predicted molar refractivity (Wildman–Crippen MR) is 105 cm³/mol. The summed E-state index contributed by atoms with van der Waals surface area (Å²) in [4.78, 5) is 13.9. The molecular weight excluding hydrogens is 346 g/mol. The Bertz CT molecular complexity index is 999. The van der Waals surface area contributed by atoms with Crippen LogP contribution < -0.4 is 0 Å². The predicted octanol–water partition coefficient (Wildman–Crippen LogP) is 4.21. The van der Waals surface area contributed by atoms with E-state index in [9.17, 15) is 9.90 Å². The fourth-order valence-corrected chi connectivity index (χ4v) is 5.49. The van der Waals surface area contributed by atoms with Gasteiger partial charge in [-0.25, -0.2) is 0 Å². The number of halogens is 1. The van der Waals surface area contributed by atoms with Gasteiger partial charge in [-0.3, -0.25) is 4.79 Å². The SMILES string of the molecule is C=C[C@]1(C)C(Cl)=C[C@H]2C(=O)[C@]1(CO)c1cccc3c1c(cn3C)C2(C)C. The van der Waals surface area contributed by atoms with E-state index in [-0.39, 0.29) is 12.4 Å². The van der Waals surface area contributed by atoms with Gasteiger partial charge in [0.1, 0.15) is 0 Å². The smallest absolute Gasteiger partial charge is 0.154 e. The summed E-state index contributed by atoms with van der Waals surface area (Å²) in [5.41, 5.74) is 0.580. The fourth-order valence-electron chi connectivity index (χ4n) is 5.12. The van der Waals surface area contributed by atoms with Gasteiger partial charge in [-0.15, -0.1) is 6.58 Å². The van der Waals surface area contributed by atoms with E-state index in [1.165, 1.54) is 0 Å². The highest BCUT2D eigenvalue weighted by Gasteiger charge is 2.63. The normalized spacial score (nSPS) is 32.3. The molecule has 4 rings (SSSR count). The highest BCUT2D eigenvalue weighted by Crippen LogP contribution is 2.60. The Morgan fingerprint density at radius 3 is 2.62 bits per heavy atom. The number of aryl methyl sites for hydroxylation is 1. The van der Waals surface area contributed by atoms with Gasteiger partial charge >= 0.3 is 0 Å². The number of aliphatic hydroxyl groups is 1. The van der Waals surface area contributed by atoms with Crippen LogP contribution in [0.25, 0.3) is 10.9 Å². The van der Waals surface area contributed by atoms with Crippen molar-refractivity contribution in [2.45, 2.75) is 31.6 Å². The van der Waals surface area contributed by atoms with Crippen LogP contribution in [-0.2, 0) is 22.7 Å². The molecule has 0 saturated heterocycles. The number of nitrogens with zero attached hydrogens (tertiary/aromatic N) is 1. The maximum absolute atomic E-state index is 13.9. The van der Waals surface area contributed by atoms with E-state index >= 15 is 0 Å². The van der Waals surface area contributed by atoms with Gasteiger partial charge in [0.05, 0.1) is 12.0 Å². The molecule has 0 spiro atoms. The molecule has 1 aromatic heterocycles. The van der Waals surface area contributed by atoms with Crippen LogP contribution in [0.1, 0.15) is 31.9 Å². The molecule has 0 amide bonds. The molecule has 3 atom stereocenters. The van der Waals surface area contributed by atoms with Gasteiger partial charge in [-0.1, -0.05) is 49.7 Å². The monoisotopic (exact) mass is 369 g/mol. The first-order valence-electron chi connectivity index (χ1n) is 8.92. The summed E-state index contributed by atoms with van der Waals surface area (Å²) in [6.07, 6.45) is 5.71. The van der Waals surface area contributed by atoms with Crippen LogP contribution in [0.5, 0.6) is 0 Å². The summed E-state index contributed by atoms with van der Waals surface area (Å²) in [7, 11) is 2.02. The molecule has 1 N–H and O–H groups in total. The van der Waals surface area contributed by atoms with E-state index in [1.807, 2.05) is 32.2 Å². The molecule has 2 aliphatic carbocycles. The number of benzene rings is 1. The second kappa shape index (κ2) is 5.11. The Balaban J connectivity index is 2.30. The summed E-state index contributed by atoms with van der Waals surface area (Å²) < 4.78 is 2.10. The van der Waals surface area contributed by atoms with Gasteiger partial charge in [-0.2, -0.15) is 0 Å². The van der Waals surface area contributed by atoms with Crippen molar-refractivity contribution in [3.63, 3.8) is 0 Å². The molecule has 2 bridgehead atoms. The summed E-state index contributed by atoms with van der Waals surface area (Å²) in [5.74, 6) is -0.392. The van der Waals surface area contributed by atoms with Crippen LogP contribution in [0.2, 0.25) is 0 Å². The molecule has 136 valence electrons. The summed E-state index contributed by atoms with van der Waals surface area (Å²) >= 11 is 6.76. The number of fused-ring (bicyclic) bond motifs is 3. The molecule has 1 aromatic carbocycles. The lowest BCUT2D eigenvalue weighted by molar-refractivity contribution is -0.134. The number of hydrogen-bond donors (Lipinski definition) is 1. The average molecular weight is 370 g/mol. The van der Waals surface area contributed by atoms with Crippen molar-refractivity contribution in [1.29, 1.82) is 0 Å². The van der Waals surface area contributed by atoms with Crippen LogP contribution in [0.15, 0.2) is 48.2 Å². The van der Waals surface area contributed by atoms with E-state index in [4.69, 9.17) is 11.6 Å². The number of aromatic nitrogens is 1. The Labute approximate surface area is 159 Å². The van der Waals surface area contributed by atoms with Gasteiger partial charge in [0, 0.05) is 45.9 Å². The van der Waals surface area contributed by atoms with Gasteiger partial charge in [0.15, 0.2) is 5.78 Å². The van der Waals surface area contributed by atoms with Crippen molar-refractivity contribution in [3.05, 3.63) is 59.3 Å². The Hall–Kier alpha value is -1.84. The fraction of sp³-hybridized carbons (Fsp3) is 0.409. The minimum absolute atomic E-state index is 0.0168. The zero-order chi connectivity index (χ0) is 19.1. The minimum Gasteiger partial charge on any atom is -0.395 e. The first-order chi connectivity index (χ1) is 12.2. The summed E-state index contributed by atoms with van der Waals surface area (Å²) in [6.45, 7) is 9.76. The molecule has 0 saturated carbocycles. The second-order valence-electron chi connectivity index (χ2n) is 8.40. The Morgan fingerprint density at radius 2 is 2.00 bits per heavy atom. The minimum atomic E-state index is -1.14. The molecule has 0 aliphatic heterocycles. The molecule has 0 radical (unpaired) electrons. The number of hydrogen-bond acceptors (Lipinski definition) is 2. The quantitative estimate of drug-likeness (QED) is 0.805. The number of carbonyl (C=O) groups is 1. The highest BCUT2D eigenvalue weighted by molar-refractivity contribution is 6.32. The third-order valence-electron chi connectivity index (χ3n) is 6.99. The first-order valence-corrected chi connectivity index (χ1v) is 9.30. The molecule has 0 unspecified atom stereocenters. The molecule has 2 aromatic rings. The third kappa shape index (κ3) is 1.67. The van der Waals surface area contributed by atoms with Crippen molar-refractivity contribution < 1.29 is 9.90 Å². The molecule has 26 heavy (non-hydrogen) atoms. The first kappa shape index (κ1) is 17.6. The van der Waals surface area contributed by atoms with Crippen molar-refractivity contribution >= 4 is 28.3 Å². The molecule has 4 heteroatoms. The molecule has 1 heterocycles. The molecule has 3 nitrogen and oxygen atoms in total. The van der Waals surface area contributed by atoms with E-state index in [0.717, 1.165) is 22.0 Å². The molecular formula is C22H24ClNO2. The zero-order valence-electron chi connectivity index (χ0n) is 15.6. The number of Topliss-reactive ketones (excluding diaryl/α,β-unsaturated/α-hetero) is 1. The van der Waals surface area contributed by atoms with Gasteiger partial charge < -0.3 is 9.67 Å². The van der Waals surface area contributed by atoms with Gasteiger partial charge in [0.25, 0.3) is 0 Å². The lowest BCUT2D eigenvalue weighted by atomic mass is 9.52. The number of rotatable bonds is 2. The highest BCUT2D eigenvalue weighted by atomic mass is 35.5. The van der Waals surface area contributed by atoms with E-state index in [2.05, 4.69) is 37.3 Å². The summed E-state index contributed by atoms with van der Waals surface area (Å²) in [5, 5.41) is 12.3. The maximum Gasteiger partial charge on any atom is 0.154 e. The van der Waals surface area contributed by atoms with E-state index < -0.39 is 22.2 Å². The number of allylic oxidation sites excluding steroid dienone is 3. The standard InChI is InChI=1S/C22H24ClNO2/c1-6-21(4)17(23)10-14-19(26)22(21,12-25)13-8-7-9-16-18(13)15(11-24(16)5)20(14,2)3/h6-11,14,25H,1,12H2,2-5H3/t14-,21+,22-/m0/s1. The van der Waals surface area contributed by atoms with Crippen LogP contribution in [0.3, 0.4) is 0 Å². The van der Waals surface area contributed by atoms with Crippen LogP contribution >= 0.6 is 11.6 Å². The van der Waals surface area contributed by atoms with Crippen molar-refractivity contribution in [2.24, 2.45) is 18.4 Å². The van der Waals surface area contributed by atoms with Crippen LogP contribution in [-0.4, -0.2) is 22.1 Å². The van der Waals surface area contributed by atoms with Crippen LogP contribution in [0.4, 0.5) is 0 Å². The van der Waals surface area contributed by atoms with Crippen molar-refractivity contribution in [2.75, 3.05) is 6.61 Å². The van der Waals surface area contributed by atoms with Gasteiger partial charge in [0.2, 0.25) is 0 Å². The van der Waals surface area contributed by atoms with Crippen molar-refractivity contribution in [3.8, 4) is 0 Å². The number of carbonyl (C=O) groups excluding carboxylic acids is 1.